The van der Waals surface area contributed by atoms with E-state index in [9.17, 15) is 14.7 Å². The first kappa shape index (κ1) is 19.1. The largest absolute Gasteiger partial charge is 0.462 e. The average Bonchev–Trinajstić information content (AvgIpc) is 2.97. The molecule has 2 heterocycles. The molecule has 1 amide bonds. The monoisotopic (exact) mass is 356 g/mol. The van der Waals surface area contributed by atoms with Crippen molar-refractivity contribution in [2.45, 2.75) is 38.2 Å². The first-order valence-electron chi connectivity index (χ1n) is 7.91. The van der Waals surface area contributed by atoms with E-state index in [-0.39, 0.29) is 37.7 Å². The number of hydrogen-bond acceptors (Lipinski definition) is 10. The summed E-state index contributed by atoms with van der Waals surface area (Å²) >= 11 is 0. The number of amides is 1. The Balaban J connectivity index is 1.83. The lowest BCUT2D eigenvalue weighted by molar-refractivity contribution is -0.153. The fourth-order valence-electron chi connectivity index (χ4n) is 2.21. The number of nitrogens with two attached hydrogens (primary N) is 2. The standard InChI is InChI=1S/C14H24N6O5/c1-7(2)9(15)13(23)24-4-8(3-21)25-6-20-5-17-10-11(20)18-14(16)19-12(10)22/h5,7-11,21H,3-4,6,15H2,1-2H3,(H3,16,18,19,22)/t8-,9-,10+,11+/m0/s1. The van der Waals surface area contributed by atoms with E-state index in [2.05, 4.69) is 15.3 Å². The van der Waals surface area contributed by atoms with Crippen molar-refractivity contribution >= 4 is 24.2 Å². The molecular weight excluding hydrogens is 332 g/mol. The second-order valence-electron chi connectivity index (χ2n) is 6.14. The van der Waals surface area contributed by atoms with Crippen molar-refractivity contribution in [2.75, 3.05) is 19.9 Å². The lowest BCUT2D eigenvalue weighted by Gasteiger charge is -2.28. The summed E-state index contributed by atoms with van der Waals surface area (Å²) in [7, 11) is 0. The predicted octanol–water partition coefficient (Wildman–Crippen LogP) is -2.67. The summed E-state index contributed by atoms with van der Waals surface area (Å²) in [5.74, 6) is -0.940. The summed E-state index contributed by atoms with van der Waals surface area (Å²) in [6.07, 6.45) is 0.103. The minimum Gasteiger partial charge on any atom is -0.462 e. The van der Waals surface area contributed by atoms with Gasteiger partial charge in [-0.15, -0.1) is 0 Å². The SMILES string of the molecule is CC(C)[C@H](N)C(=O)OC[C@H](CO)OCN1C=N[C@H]2C(=O)NC(N)=N[C@@H]21. The van der Waals surface area contributed by atoms with Gasteiger partial charge in [0.25, 0.3) is 5.91 Å². The van der Waals surface area contributed by atoms with Crippen molar-refractivity contribution in [2.24, 2.45) is 27.4 Å². The van der Waals surface area contributed by atoms with Gasteiger partial charge in [-0.3, -0.25) is 19.9 Å². The number of guanidine groups is 1. The van der Waals surface area contributed by atoms with Crippen molar-refractivity contribution in [3.8, 4) is 0 Å². The van der Waals surface area contributed by atoms with Crippen LogP contribution in [0.25, 0.3) is 0 Å². The number of carbonyl (C=O) groups excluding carboxylic acids is 2. The fourth-order valence-corrected chi connectivity index (χ4v) is 2.21. The van der Waals surface area contributed by atoms with Crippen molar-refractivity contribution in [1.29, 1.82) is 0 Å². The molecule has 0 aromatic carbocycles. The van der Waals surface area contributed by atoms with Gasteiger partial charge in [0.1, 0.15) is 25.5 Å². The molecule has 0 aromatic rings. The van der Waals surface area contributed by atoms with Gasteiger partial charge < -0.3 is 30.9 Å². The van der Waals surface area contributed by atoms with Gasteiger partial charge in [-0.25, -0.2) is 4.99 Å². The number of esters is 1. The lowest BCUT2D eigenvalue weighted by atomic mass is 10.1. The minimum atomic E-state index is -0.741. The van der Waals surface area contributed by atoms with Crippen LogP contribution in [0.2, 0.25) is 0 Å². The Morgan fingerprint density at radius 2 is 2.24 bits per heavy atom. The second kappa shape index (κ2) is 8.23. The van der Waals surface area contributed by atoms with Gasteiger partial charge >= 0.3 is 5.97 Å². The Bertz CT molecular complexity index is 566. The van der Waals surface area contributed by atoms with E-state index in [1.165, 1.54) is 6.34 Å². The van der Waals surface area contributed by atoms with Crippen molar-refractivity contribution < 1.29 is 24.2 Å². The van der Waals surface area contributed by atoms with E-state index in [0.717, 1.165) is 0 Å². The number of fused-ring (bicyclic) bond motifs is 1. The van der Waals surface area contributed by atoms with E-state index in [1.54, 1.807) is 4.90 Å². The molecule has 11 nitrogen and oxygen atoms in total. The van der Waals surface area contributed by atoms with Crippen LogP contribution in [0.3, 0.4) is 0 Å². The highest BCUT2D eigenvalue weighted by molar-refractivity contribution is 6.02. The Morgan fingerprint density at radius 1 is 1.52 bits per heavy atom. The Labute approximate surface area is 145 Å². The predicted molar refractivity (Wildman–Crippen MR) is 88.3 cm³/mol. The molecular formula is C14H24N6O5. The van der Waals surface area contributed by atoms with Crippen LogP contribution in [0.1, 0.15) is 13.8 Å². The number of nitrogens with one attached hydrogen (secondary N) is 1. The maximum atomic E-state index is 11.8. The molecule has 6 N–H and O–H groups in total. The van der Waals surface area contributed by atoms with Gasteiger partial charge in [-0.2, -0.15) is 0 Å². The summed E-state index contributed by atoms with van der Waals surface area (Å²) in [6.45, 7) is 3.12. The third kappa shape index (κ3) is 4.65. The topological polar surface area (TPSA) is 165 Å². The normalized spacial score (nSPS) is 24.6. The molecule has 11 heteroatoms. The molecule has 25 heavy (non-hydrogen) atoms. The van der Waals surface area contributed by atoms with Gasteiger partial charge in [0.15, 0.2) is 18.2 Å². The Morgan fingerprint density at radius 3 is 2.88 bits per heavy atom. The number of aliphatic hydroxyl groups excluding tert-OH is 1. The number of rotatable bonds is 8. The Kier molecular flexibility index (Phi) is 6.28. The lowest BCUT2D eigenvalue weighted by Crippen LogP contribution is -2.54. The van der Waals surface area contributed by atoms with Gasteiger partial charge in [-0.1, -0.05) is 13.8 Å². The second-order valence-corrected chi connectivity index (χ2v) is 6.14. The summed E-state index contributed by atoms with van der Waals surface area (Å²) < 4.78 is 10.6. The van der Waals surface area contributed by atoms with Crippen LogP contribution >= 0.6 is 0 Å². The highest BCUT2D eigenvalue weighted by Crippen LogP contribution is 2.18. The number of hydrogen-bond donors (Lipinski definition) is 4. The first-order valence-corrected chi connectivity index (χ1v) is 7.91. The number of aliphatic imine (C=N–C) groups is 2. The van der Waals surface area contributed by atoms with E-state index in [4.69, 9.17) is 20.9 Å². The van der Waals surface area contributed by atoms with E-state index >= 15 is 0 Å². The number of nitrogens with zero attached hydrogens (tertiary/aromatic N) is 3. The van der Waals surface area contributed by atoms with E-state index < -0.39 is 30.3 Å². The minimum absolute atomic E-state index is 0.00621. The molecule has 0 saturated carbocycles. The van der Waals surface area contributed by atoms with Crippen LogP contribution in [0.5, 0.6) is 0 Å². The molecule has 4 atom stereocenters. The van der Waals surface area contributed by atoms with Gasteiger partial charge in [0.2, 0.25) is 0 Å². The average molecular weight is 356 g/mol. The summed E-state index contributed by atoms with van der Waals surface area (Å²) in [5.41, 5.74) is 11.2. The quantitative estimate of drug-likeness (QED) is 0.342. The van der Waals surface area contributed by atoms with Crippen LogP contribution in [0.4, 0.5) is 0 Å². The van der Waals surface area contributed by atoms with Crippen molar-refractivity contribution in [1.82, 2.24) is 10.2 Å². The molecule has 0 bridgehead atoms. The zero-order valence-corrected chi connectivity index (χ0v) is 14.2. The highest BCUT2D eigenvalue weighted by Gasteiger charge is 2.39. The maximum absolute atomic E-state index is 11.8. The molecule has 0 unspecified atom stereocenters. The number of aliphatic hydroxyl groups is 1. The van der Waals surface area contributed by atoms with Gasteiger partial charge in [0.05, 0.1) is 12.9 Å². The third-order valence-electron chi connectivity index (χ3n) is 3.85. The van der Waals surface area contributed by atoms with Crippen LogP contribution in [0, 0.1) is 5.92 Å². The molecule has 0 fully saturated rings. The Hall–Kier alpha value is -2.24. The van der Waals surface area contributed by atoms with E-state index in [0.29, 0.717) is 0 Å². The van der Waals surface area contributed by atoms with E-state index in [1.807, 2.05) is 13.8 Å². The highest BCUT2D eigenvalue weighted by atomic mass is 16.6. The van der Waals surface area contributed by atoms with Crippen LogP contribution < -0.4 is 16.8 Å². The summed E-state index contributed by atoms with van der Waals surface area (Å²) in [6, 6.07) is -1.42. The van der Waals surface area contributed by atoms with Gasteiger partial charge in [-0.05, 0) is 5.92 Å². The molecule has 0 aromatic heterocycles. The molecule has 0 radical (unpaired) electrons. The third-order valence-corrected chi connectivity index (χ3v) is 3.85. The zero-order valence-electron chi connectivity index (χ0n) is 14.2. The van der Waals surface area contributed by atoms with Crippen molar-refractivity contribution in [3.05, 3.63) is 0 Å². The fraction of sp³-hybridized carbons (Fsp3) is 0.714. The zero-order chi connectivity index (χ0) is 18.6. The van der Waals surface area contributed by atoms with Crippen LogP contribution in [0.15, 0.2) is 9.98 Å². The number of ether oxygens (including phenoxy) is 2. The molecule has 0 saturated heterocycles. The smallest absolute Gasteiger partial charge is 0.323 e. The van der Waals surface area contributed by atoms with Crippen LogP contribution in [-0.4, -0.2) is 78.5 Å². The molecule has 2 aliphatic heterocycles. The summed E-state index contributed by atoms with van der Waals surface area (Å²) in [5, 5.41) is 11.8. The van der Waals surface area contributed by atoms with Crippen LogP contribution in [-0.2, 0) is 19.1 Å². The maximum Gasteiger partial charge on any atom is 0.323 e. The molecule has 140 valence electrons. The summed E-state index contributed by atoms with van der Waals surface area (Å²) in [4.78, 5) is 33.2. The molecule has 2 aliphatic rings. The molecule has 0 aliphatic carbocycles. The van der Waals surface area contributed by atoms with Crippen molar-refractivity contribution in [3.63, 3.8) is 0 Å². The molecule has 0 spiro atoms. The first-order chi connectivity index (χ1) is 11.8. The number of carbonyl (C=O) groups is 2. The van der Waals surface area contributed by atoms with Gasteiger partial charge in [0, 0.05) is 0 Å². The molecule has 2 rings (SSSR count).